The van der Waals surface area contributed by atoms with Crippen molar-refractivity contribution in [1.29, 1.82) is 0 Å². The molecular formula is C13H29NOS. The molecule has 2 saturated heterocycles. The van der Waals surface area contributed by atoms with E-state index in [0.717, 1.165) is 11.5 Å². The van der Waals surface area contributed by atoms with Gasteiger partial charge < -0.3 is 4.90 Å². The zero-order chi connectivity index (χ0) is 12.8. The predicted octanol–water partition coefficient (Wildman–Crippen LogP) is 2.90. The maximum Gasteiger partial charge on any atom is 0.0301 e. The average molecular weight is 247 g/mol. The van der Waals surface area contributed by atoms with Crippen molar-refractivity contribution in [3.8, 4) is 0 Å². The van der Waals surface area contributed by atoms with Gasteiger partial charge in [0.1, 0.15) is 0 Å². The molecule has 0 amide bonds. The molecule has 2 nitrogen and oxygen atoms in total. The lowest BCUT2D eigenvalue weighted by atomic mass is 9.78. The van der Waals surface area contributed by atoms with E-state index >= 15 is 0 Å². The van der Waals surface area contributed by atoms with Crippen molar-refractivity contribution in [3.05, 3.63) is 0 Å². The lowest BCUT2D eigenvalue weighted by molar-refractivity contribution is 0.0995. The third kappa shape index (κ3) is 3.85. The van der Waals surface area contributed by atoms with Crippen LogP contribution in [0.25, 0.3) is 0 Å². The van der Waals surface area contributed by atoms with Crippen LogP contribution in [0.5, 0.6) is 0 Å². The van der Waals surface area contributed by atoms with Gasteiger partial charge in [0.2, 0.25) is 0 Å². The first kappa shape index (κ1) is 16.1. The van der Waals surface area contributed by atoms with Gasteiger partial charge in [0.15, 0.2) is 0 Å². The zero-order valence-electron chi connectivity index (χ0n) is 11.9. The van der Waals surface area contributed by atoms with Gasteiger partial charge in [-0.05, 0) is 38.8 Å². The molecule has 16 heavy (non-hydrogen) atoms. The summed E-state index contributed by atoms with van der Waals surface area (Å²) in [5.74, 6) is 1.95. The number of nitrogens with zero attached hydrogens (tertiary/aromatic N) is 1. The predicted molar refractivity (Wildman–Crippen MR) is 74.3 cm³/mol. The van der Waals surface area contributed by atoms with Crippen LogP contribution in [0.2, 0.25) is 0 Å². The molecule has 0 bridgehead atoms. The zero-order valence-corrected chi connectivity index (χ0v) is 12.7. The lowest BCUT2D eigenvalue weighted by Gasteiger charge is -2.49. The van der Waals surface area contributed by atoms with Crippen LogP contribution in [-0.2, 0) is 10.8 Å². The van der Waals surface area contributed by atoms with Crippen LogP contribution in [0.1, 0.15) is 47.5 Å². The molecule has 3 heteroatoms. The maximum atomic E-state index is 11.1. The van der Waals surface area contributed by atoms with Crippen LogP contribution in [0.15, 0.2) is 0 Å². The van der Waals surface area contributed by atoms with Crippen LogP contribution >= 0.6 is 0 Å². The van der Waals surface area contributed by atoms with E-state index in [1.807, 2.05) is 27.7 Å². The van der Waals surface area contributed by atoms with Crippen molar-refractivity contribution >= 4 is 10.8 Å². The van der Waals surface area contributed by atoms with E-state index < -0.39 is 10.8 Å². The first-order valence-corrected chi connectivity index (χ1v) is 8.15. The van der Waals surface area contributed by atoms with Gasteiger partial charge in [-0.1, -0.05) is 27.7 Å². The molecule has 0 saturated carbocycles. The first-order valence-electron chi connectivity index (χ1n) is 6.67. The highest BCUT2D eigenvalue weighted by Crippen LogP contribution is 2.42. The largest absolute Gasteiger partial charge is 0.304 e. The van der Waals surface area contributed by atoms with Gasteiger partial charge >= 0.3 is 0 Å². The lowest BCUT2D eigenvalue weighted by Crippen LogP contribution is -2.54. The van der Waals surface area contributed by atoms with Gasteiger partial charge in [0.25, 0.3) is 0 Å². The van der Waals surface area contributed by atoms with Crippen LogP contribution in [-0.4, -0.2) is 40.2 Å². The molecule has 0 aliphatic carbocycles. The fraction of sp³-hybridized carbons (Fsp3) is 1.00. The highest BCUT2D eigenvalue weighted by Gasteiger charge is 2.45. The van der Waals surface area contributed by atoms with E-state index in [0.29, 0.717) is 11.5 Å². The van der Waals surface area contributed by atoms with Gasteiger partial charge in [-0.3, -0.25) is 4.21 Å². The highest BCUT2D eigenvalue weighted by atomic mass is 32.2. The summed E-state index contributed by atoms with van der Waals surface area (Å²) in [6.45, 7) is 11.5. The Labute approximate surface area is 104 Å². The van der Waals surface area contributed by atoms with E-state index in [4.69, 9.17) is 0 Å². The highest BCUT2D eigenvalue weighted by molar-refractivity contribution is 7.86. The minimum Gasteiger partial charge on any atom is -0.304 e. The Morgan fingerprint density at radius 1 is 1.19 bits per heavy atom. The summed E-state index contributed by atoms with van der Waals surface area (Å²) in [5.41, 5.74) is 0.483. The third-order valence-corrected chi connectivity index (χ3v) is 5.28. The Kier molecular flexibility index (Phi) is 7.49. The Balaban J connectivity index is 0.000000509. The van der Waals surface area contributed by atoms with E-state index in [-0.39, 0.29) is 0 Å². The van der Waals surface area contributed by atoms with Crippen LogP contribution in [0.4, 0.5) is 0 Å². The van der Waals surface area contributed by atoms with Gasteiger partial charge in [-0.2, -0.15) is 0 Å². The summed E-state index contributed by atoms with van der Waals surface area (Å²) in [4.78, 5) is 2.41. The third-order valence-electron chi connectivity index (χ3n) is 3.41. The smallest absolute Gasteiger partial charge is 0.0301 e. The summed E-state index contributed by atoms with van der Waals surface area (Å²) >= 11 is 0. The quantitative estimate of drug-likeness (QED) is 0.656. The van der Waals surface area contributed by atoms with Crippen molar-refractivity contribution in [2.75, 3.05) is 25.1 Å². The van der Waals surface area contributed by atoms with Crippen molar-refractivity contribution in [1.82, 2.24) is 4.90 Å². The Bertz CT molecular complexity index is 210. The molecule has 2 aliphatic rings. The summed E-state index contributed by atoms with van der Waals surface area (Å²) in [6, 6.07) is 0.691. The monoisotopic (exact) mass is 247 g/mol. The number of hydrogen-bond donors (Lipinski definition) is 0. The minimum atomic E-state index is -0.474. The van der Waals surface area contributed by atoms with Crippen molar-refractivity contribution in [2.24, 2.45) is 5.41 Å². The Hall–Kier alpha value is 0.110. The van der Waals surface area contributed by atoms with Gasteiger partial charge in [-0.15, -0.1) is 0 Å². The second-order valence-corrected chi connectivity index (χ2v) is 5.97. The summed E-state index contributed by atoms with van der Waals surface area (Å²) in [7, 11) is 1.71. The number of rotatable bonds is 0. The van der Waals surface area contributed by atoms with E-state index in [1.54, 1.807) is 0 Å². The Morgan fingerprint density at radius 3 is 2.06 bits per heavy atom. The molecule has 98 valence electrons. The van der Waals surface area contributed by atoms with Gasteiger partial charge in [0, 0.05) is 28.3 Å². The minimum absolute atomic E-state index is 0.474. The second kappa shape index (κ2) is 7.44. The standard InChI is InChI=1S/C9H17NOS.2C2H6/c1-8-5-9(3-4-10(8)2)6-12(11)7-9;2*1-2/h8H,3-7H2,1-2H3;2*1-2H3. The van der Waals surface area contributed by atoms with Crippen LogP contribution < -0.4 is 0 Å². The number of piperidine rings is 1. The average Bonchev–Trinajstić information content (AvgIpc) is 2.28. The molecule has 2 heterocycles. The molecule has 0 aromatic rings. The van der Waals surface area contributed by atoms with E-state index in [9.17, 15) is 4.21 Å². The van der Waals surface area contributed by atoms with Crippen molar-refractivity contribution in [3.63, 3.8) is 0 Å². The topological polar surface area (TPSA) is 20.3 Å². The van der Waals surface area contributed by atoms with Crippen molar-refractivity contribution in [2.45, 2.75) is 53.5 Å². The normalized spacial score (nSPS) is 37.6. The second-order valence-electron chi connectivity index (χ2n) is 4.51. The first-order chi connectivity index (χ1) is 7.61. The SMILES string of the molecule is CC.CC.CC1CC2(CCN1C)CS(=O)C2. The molecule has 0 aromatic heterocycles. The van der Waals surface area contributed by atoms with E-state index in [1.165, 1.54) is 19.4 Å². The molecular weight excluding hydrogens is 218 g/mol. The van der Waals surface area contributed by atoms with E-state index in [2.05, 4.69) is 18.9 Å². The van der Waals surface area contributed by atoms with Crippen LogP contribution in [0, 0.1) is 5.41 Å². The molecule has 0 N–H and O–H groups in total. The fourth-order valence-corrected chi connectivity index (χ4v) is 4.23. The molecule has 1 atom stereocenters. The molecule has 1 spiro atoms. The number of likely N-dealkylation sites (tertiary alicyclic amines) is 1. The summed E-state index contributed by atoms with van der Waals surface area (Å²) in [5, 5.41) is 0. The molecule has 2 rings (SSSR count). The van der Waals surface area contributed by atoms with Gasteiger partial charge in [-0.25, -0.2) is 0 Å². The maximum absolute atomic E-state index is 11.1. The molecule has 0 aromatic carbocycles. The van der Waals surface area contributed by atoms with Crippen LogP contribution in [0.3, 0.4) is 0 Å². The molecule has 2 aliphatic heterocycles. The molecule has 1 unspecified atom stereocenters. The fourth-order valence-electron chi connectivity index (χ4n) is 2.42. The van der Waals surface area contributed by atoms with Gasteiger partial charge in [0.05, 0.1) is 0 Å². The Morgan fingerprint density at radius 2 is 1.69 bits per heavy atom. The summed E-state index contributed by atoms with van der Waals surface area (Å²) < 4.78 is 11.1. The molecule has 2 fully saturated rings. The van der Waals surface area contributed by atoms with Crippen molar-refractivity contribution < 1.29 is 4.21 Å². The number of hydrogen-bond acceptors (Lipinski definition) is 2. The summed E-state index contributed by atoms with van der Waals surface area (Å²) in [6.07, 6.45) is 2.52. The molecule has 0 radical (unpaired) electrons.